The number of rotatable bonds is 3. The minimum absolute atomic E-state index is 0.120. The van der Waals surface area contributed by atoms with Gasteiger partial charge in [0.25, 0.3) is 0 Å². The number of hydrogen-bond donors (Lipinski definition) is 0. The highest BCUT2D eigenvalue weighted by atomic mass is 32.1. The molecule has 0 N–H and O–H groups in total. The quantitative estimate of drug-likeness (QED) is 0.738. The molecule has 82 valence electrons. The minimum Gasteiger partial charge on any atom is -0.469 e. The molecular formula is C11H14O3S. The van der Waals surface area contributed by atoms with E-state index < -0.39 is 0 Å². The lowest BCUT2D eigenvalue weighted by molar-refractivity contribution is -0.148. The minimum atomic E-state index is -0.161. The highest BCUT2D eigenvalue weighted by molar-refractivity contribution is 7.10. The number of esters is 1. The summed E-state index contributed by atoms with van der Waals surface area (Å²) in [5, 5.41) is 2.06. The van der Waals surface area contributed by atoms with Crippen LogP contribution in [0.3, 0.4) is 0 Å². The molecule has 15 heavy (non-hydrogen) atoms. The molecule has 1 aliphatic heterocycles. The van der Waals surface area contributed by atoms with Gasteiger partial charge in [-0.2, -0.15) is 0 Å². The average molecular weight is 226 g/mol. The van der Waals surface area contributed by atoms with Gasteiger partial charge in [-0.1, -0.05) is 0 Å². The molecule has 1 aromatic heterocycles. The second-order valence-electron chi connectivity index (χ2n) is 3.96. The van der Waals surface area contributed by atoms with Gasteiger partial charge in [0.1, 0.15) is 0 Å². The molecular weight excluding hydrogens is 212 g/mol. The number of carbonyl (C=O) groups is 1. The largest absolute Gasteiger partial charge is 0.469 e. The molecule has 1 aliphatic rings. The van der Waals surface area contributed by atoms with E-state index in [9.17, 15) is 4.79 Å². The van der Waals surface area contributed by atoms with Gasteiger partial charge in [-0.3, -0.25) is 4.79 Å². The Morgan fingerprint density at radius 2 is 2.40 bits per heavy atom. The Morgan fingerprint density at radius 3 is 2.80 bits per heavy atom. The van der Waals surface area contributed by atoms with Gasteiger partial charge in [-0.05, 0) is 23.9 Å². The van der Waals surface area contributed by atoms with Crippen LogP contribution in [-0.4, -0.2) is 26.3 Å². The maximum absolute atomic E-state index is 11.4. The van der Waals surface area contributed by atoms with Crippen LogP contribution in [0.2, 0.25) is 0 Å². The lowest BCUT2D eigenvalue weighted by Crippen LogP contribution is -2.48. The van der Waals surface area contributed by atoms with E-state index in [1.54, 1.807) is 11.3 Å². The van der Waals surface area contributed by atoms with Crippen LogP contribution in [0.5, 0.6) is 0 Å². The predicted octanol–water partition coefficient (Wildman–Crippen LogP) is 1.89. The summed E-state index contributed by atoms with van der Waals surface area (Å²) in [5.74, 6) is -0.161. The van der Waals surface area contributed by atoms with Gasteiger partial charge < -0.3 is 9.47 Å². The fourth-order valence-electron chi connectivity index (χ4n) is 1.93. The first-order valence-corrected chi connectivity index (χ1v) is 5.75. The maximum atomic E-state index is 11.4. The Hall–Kier alpha value is -0.870. The number of thiophene rings is 1. The van der Waals surface area contributed by atoms with E-state index in [4.69, 9.17) is 9.47 Å². The smallest absolute Gasteiger partial charge is 0.306 e. The lowest BCUT2D eigenvalue weighted by atomic mass is 9.79. The van der Waals surface area contributed by atoms with E-state index >= 15 is 0 Å². The fraction of sp³-hybridized carbons (Fsp3) is 0.545. The molecule has 1 fully saturated rings. The number of hydrogen-bond acceptors (Lipinski definition) is 4. The topological polar surface area (TPSA) is 35.5 Å². The van der Waals surface area contributed by atoms with Gasteiger partial charge in [-0.25, -0.2) is 0 Å². The zero-order chi connectivity index (χ0) is 10.9. The summed E-state index contributed by atoms with van der Waals surface area (Å²) in [7, 11) is 1.43. The Labute approximate surface area is 93.0 Å². The molecule has 1 saturated heterocycles. The van der Waals surface area contributed by atoms with E-state index in [1.165, 1.54) is 17.6 Å². The van der Waals surface area contributed by atoms with Crippen molar-refractivity contribution < 1.29 is 14.3 Å². The number of ether oxygens (including phenoxy) is 2. The summed E-state index contributed by atoms with van der Waals surface area (Å²) in [6, 6.07) is 2.08. The molecule has 0 aliphatic carbocycles. The summed E-state index contributed by atoms with van der Waals surface area (Å²) in [6.45, 7) is 3.33. The van der Waals surface area contributed by atoms with Gasteiger partial charge in [-0.15, -0.1) is 11.3 Å². The summed E-state index contributed by atoms with van der Waals surface area (Å²) in [6.07, 6.45) is 0.421. The molecule has 0 bridgehead atoms. The second-order valence-corrected chi connectivity index (χ2v) is 4.87. The second kappa shape index (κ2) is 3.94. The van der Waals surface area contributed by atoms with Crippen molar-refractivity contribution in [1.82, 2.24) is 0 Å². The van der Waals surface area contributed by atoms with Crippen molar-refractivity contribution in [2.75, 3.05) is 20.3 Å². The van der Waals surface area contributed by atoms with Crippen LogP contribution in [0.4, 0.5) is 0 Å². The first-order chi connectivity index (χ1) is 7.18. The van der Waals surface area contributed by atoms with E-state index in [1.807, 2.05) is 0 Å². The highest BCUT2D eigenvalue weighted by Gasteiger charge is 2.44. The van der Waals surface area contributed by atoms with Crippen LogP contribution in [0.15, 0.2) is 11.4 Å². The summed E-state index contributed by atoms with van der Waals surface area (Å²) in [5.41, 5.74) is 1.12. The summed E-state index contributed by atoms with van der Waals surface area (Å²) < 4.78 is 9.99. The zero-order valence-electron chi connectivity index (χ0n) is 8.91. The molecule has 1 aromatic rings. The molecule has 0 spiro atoms. The van der Waals surface area contributed by atoms with Crippen LogP contribution >= 0.6 is 11.3 Å². The first kappa shape index (κ1) is 10.6. The maximum Gasteiger partial charge on any atom is 0.306 e. The van der Waals surface area contributed by atoms with Gasteiger partial charge in [0.15, 0.2) is 0 Å². The Kier molecular flexibility index (Phi) is 2.80. The standard InChI is InChI=1S/C11H14O3S/c1-8-3-4-15-10(8)11(6-14-7-11)5-9(12)13-2/h3-4H,5-7H2,1-2H3. The summed E-state index contributed by atoms with van der Waals surface area (Å²) in [4.78, 5) is 12.6. The number of carbonyl (C=O) groups excluding carboxylic acids is 1. The van der Waals surface area contributed by atoms with Gasteiger partial charge in [0, 0.05) is 4.88 Å². The van der Waals surface area contributed by atoms with Crippen molar-refractivity contribution in [3.63, 3.8) is 0 Å². The van der Waals surface area contributed by atoms with E-state index in [0.29, 0.717) is 19.6 Å². The normalized spacial score (nSPS) is 18.3. The van der Waals surface area contributed by atoms with Crippen molar-refractivity contribution in [3.05, 3.63) is 21.9 Å². The Morgan fingerprint density at radius 1 is 1.67 bits per heavy atom. The van der Waals surface area contributed by atoms with Crippen LogP contribution in [-0.2, 0) is 19.7 Å². The molecule has 0 unspecified atom stereocenters. The van der Waals surface area contributed by atoms with Gasteiger partial charge >= 0.3 is 5.97 Å². The number of aryl methyl sites for hydroxylation is 1. The molecule has 0 amide bonds. The predicted molar refractivity (Wildman–Crippen MR) is 58.2 cm³/mol. The molecule has 0 saturated carbocycles. The molecule has 2 heterocycles. The first-order valence-electron chi connectivity index (χ1n) is 4.87. The lowest BCUT2D eigenvalue weighted by Gasteiger charge is -2.40. The van der Waals surface area contributed by atoms with Crippen molar-refractivity contribution in [2.45, 2.75) is 18.8 Å². The Bertz CT molecular complexity index is 366. The Balaban J connectivity index is 2.22. The zero-order valence-corrected chi connectivity index (χ0v) is 9.73. The summed E-state index contributed by atoms with van der Waals surface area (Å²) >= 11 is 1.70. The molecule has 4 heteroatoms. The third-order valence-electron chi connectivity index (χ3n) is 2.81. The monoisotopic (exact) mass is 226 g/mol. The SMILES string of the molecule is COC(=O)CC1(c2sccc2C)COC1. The van der Waals surface area contributed by atoms with E-state index in [2.05, 4.69) is 18.4 Å². The van der Waals surface area contributed by atoms with Gasteiger partial charge in [0.2, 0.25) is 0 Å². The molecule has 3 nitrogen and oxygen atoms in total. The number of methoxy groups -OCH3 is 1. The van der Waals surface area contributed by atoms with Crippen LogP contribution in [0.1, 0.15) is 16.9 Å². The third-order valence-corrected chi connectivity index (χ3v) is 4.07. The molecule has 0 atom stereocenters. The average Bonchev–Trinajstić information content (AvgIpc) is 2.58. The molecule has 2 rings (SSSR count). The van der Waals surface area contributed by atoms with Crippen molar-refractivity contribution in [1.29, 1.82) is 0 Å². The van der Waals surface area contributed by atoms with Crippen molar-refractivity contribution in [2.24, 2.45) is 0 Å². The van der Waals surface area contributed by atoms with Gasteiger partial charge in [0.05, 0.1) is 32.2 Å². The van der Waals surface area contributed by atoms with Crippen molar-refractivity contribution in [3.8, 4) is 0 Å². The van der Waals surface area contributed by atoms with Crippen LogP contribution in [0, 0.1) is 6.92 Å². The highest BCUT2D eigenvalue weighted by Crippen LogP contribution is 2.40. The van der Waals surface area contributed by atoms with Crippen LogP contribution < -0.4 is 0 Å². The third kappa shape index (κ3) is 1.79. The fourth-order valence-corrected chi connectivity index (χ4v) is 3.03. The van der Waals surface area contributed by atoms with Crippen molar-refractivity contribution >= 4 is 17.3 Å². The van der Waals surface area contributed by atoms with Crippen LogP contribution in [0.25, 0.3) is 0 Å². The molecule has 0 aromatic carbocycles. The molecule has 0 radical (unpaired) electrons. The van der Waals surface area contributed by atoms with E-state index in [-0.39, 0.29) is 11.4 Å². The van der Waals surface area contributed by atoms with E-state index in [0.717, 1.165) is 0 Å².